The van der Waals surface area contributed by atoms with Crippen molar-refractivity contribution in [1.29, 1.82) is 0 Å². The zero-order valence-electron chi connectivity index (χ0n) is 8.41. The quantitative estimate of drug-likeness (QED) is 0.785. The van der Waals surface area contributed by atoms with Crippen molar-refractivity contribution < 1.29 is 4.74 Å². The second-order valence-corrected chi connectivity index (χ2v) is 4.02. The topological polar surface area (TPSA) is 21.3 Å². The molecule has 0 spiro atoms. The van der Waals surface area contributed by atoms with Gasteiger partial charge in [-0.1, -0.05) is 0 Å². The van der Waals surface area contributed by atoms with Gasteiger partial charge in [0.15, 0.2) is 0 Å². The molecular formula is C10H17NOS. The van der Waals surface area contributed by atoms with Gasteiger partial charge in [-0.25, -0.2) is 0 Å². The second-order valence-electron chi connectivity index (χ2n) is 3.24. The molecule has 1 N–H and O–H groups in total. The number of thiophene rings is 1. The van der Waals surface area contributed by atoms with Gasteiger partial charge in [0.05, 0.1) is 6.10 Å². The summed E-state index contributed by atoms with van der Waals surface area (Å²) < 4.78 is 5.22. The Morgan fingerprint density at radius 2 is 2.31 bits per heavy atom. The Balaban J connectivity index is 2.26. The predicted molar refractivity (Wildman–Crippen MR) is 57.1 cm³/mol. The van der Waals surface area contributed by atoms with Gasteiger partial charge in [0, 0.05) is 19.7 Å². The van der Waals surface area contributed by atoms with E-state index in [1.54, 1.807) is 18.4 Å². The van der Waals surface area contributed by atoms with Crippen molar-refractivity contribution in [2.24, 2.45) is 0 Å². The molecule has 1 aromatic heterocycles. The number of rotatable bonds is 5. The van der Waals surface area contributed by atoms with Gasteiger partial charge in [-0.05, 0) is 36.2 Å². The molecule has 74 valence electrons. The lowest BCUT2D eigenvalue weighted by Gasteiger charge is -2.19. The lowest BCUT2D eigenvalue weighted by molar-refractivity contribution is 0.0882. The van der Waals surface area contributed by atoms with Gasteiger partial charge in [0.1, 0.15) is 0 Å². The molecule has 1 aromatic rings. The maximum absolute atomic E-state index is 5.22. The maximum Gasteiger partial charge on any atom is 0.0693 e. The average Bonchev–Trinajstić information content (AvgIpc) is 2.65. The predicted octanol–water partition coefficient (Wildman–Crippen LogP) is 2.26. The Bertz CT molecular complexity index is 223. The number of nitrogens with one attached hydrogen (secondary N) is 1. The van der Waals surface area contributed by atoms with Crippen LogP contribution in [0.1, 0.15) is 19.4 Å². The van der Waals surface area contributed by atoms with E-state index in [9.17, 15) is 0 Å². The standard InChI is InChI=1S/C10H17NOS/c1-8(9(2)12-3)11-6-10-4-5-13-7-10/h4-5,7-9,11H,6H2,1-3H3. The second kappa shape index (κ2) is 5.37. The van der Waals surface area contributed by atoms with E-state index in [0.29, 0.717) is 6.04 Å². The van der Waals surface area contributed by atoms with Gasteiger partial charge in [-0.3, -0.25) is 0 Å². The smallest absolute Gasteiger partial charge is 0.0693 e. The Hall–Kier alpha value is -0.380. The van der Waals surface area contributed by atoms with Crippen molar-refractivity contribution >= 4 is 11.3 Å². The maximum atomic E-state index is 5.22. The van der Waals surface area contributed by atoms with Crippen molar-refractivity contribution in [3.63, 3.8) is 0 Å². The summed E-state index contributed by atoms with van der Waals surface area (Å²) in [5.74, 6) is 0. The van der Waals surface area contributed by atoms with E-state index in [1.807, 2.05) is 0 Å². The van der Waals surface area contributed by atoms with E-state index in [0.717, 1.165) is 6.54 Å². The largest absolute Gasteiger partial charge is 0.380 e. The van der Waals surface area contributed by atoms with Crippen LogP contribution in [0.4, 0.5) is 0 Å². The fourth-order valence-corrected chi connectivity index (χ4v) is 1.71. The van der Waals surface area contributed by atoms with E-state index < -0.39 is 0 Å². The van der Waals surface area contributed by atoms with E-state index >= 15 is 0 Å². The Kier molecular flexibility index (Phi) is 4.42. The minimum Gasteiger partial charge on any atom is -0.380 e. The molecule has 0 aromatic carbocycles. The number of methoxy groups -OCH3 is 1. The first-order chi connectivity index (χ1) is 6.24. The fourth-order valence-electron chi connectivity index (χ4n) is 1.04. The minimum atomic E-state index is 0.263. The molecule has 0 aliphatic heterocycles. The van der Waals surface area contributed by atoms with Crippen LogP contribution in [0.5, 0.6) is 0 Å². The van der Waals surface area contributed by atoms with Crippen LogP contribution in [0.2, 0.25) is 0 Å². The average molecular weight is 199 g/mol. The summed E-state index contributed by atoms with van der Waals surface area (Å²) in [6.45, 7) is 5.14. The van der Waals surface area contributed by atoms with Crippen molar-refractivity contribution in [1.82, 2.24) is 5.32 Å². The van der Waals surface area contributed by atoms with Crippen LogP contribution in [-0.2, 0) is 11.3 Å². The molecule has 2 nitrogen and oxygen atoms in total. The van der Waals surface area contributed by atoms with Gasteiger partial charge in [-0.2, -0.15) is 11.3 Å². The molecule has 3 heteroatoms. The van der Waals surface area contributed by atoms with E-state index in [1.165, 1.54) is 5.56 Å². The van der Waals surface area contributed by atoms with Crippen LogP contribution in [-0.4, -0.2) is 19.3 Å². The van der Waals surface area contributed by atoms with Crippen LogP contribution in [0, 0.1) is 0 Å². The third-order valence-corrected chi connectivity index (χ3v) is 3.02. The normalized spacial score (nSPS) is 15.6. The lowest BCUT2D eigenvalue weighted by atomic mass is 10.2. The molecule has 2 atom stereocenters. The number of hydrogen-bond donors (Lipinski definition) is 1. The fraction of sp³-hybridized carbons (Fsp3) is 0.600. The SMILES string of the molecule is COC(C)C(C)NCc1ccsc1. The summed E-state index contributed by atoms with van der Waals surface area (Å²) in [6.07, 6.45) is 0.263. The monoisotopic (exact) mass is 199 g/mol. The molecule has 1 rings (SSSR count). The van der Waals surface area contributed by atoms with Gasteiger partial charge < -0.3 is 10.1 Å². The minimum absolute atomic E-state index is 0.263. The van der Waals surface area contributed by atoms with Crippen molar-refractivity contribution in [3.8, 4) is 0 Å². The van der Waals surface area contributed by atoms with E-state index in [2.05, 4.69) is 36.0 Å². The molecule has 0 fully saturated rings. The highest BCUT2D eigenvalue weighted by molar-refractivity contribution is 7.07. The first-order valence-electron chi connectivity index (χ1n) is 4.51. The summed E-state index contributed by atoms with van der Waals surface area (Å²) in [7, 11) is 1.74. The number of hydrogen-bond acceptors (Lipinski definition) is 3. The molecule has 13 heavy (non-hydrogen) atoms. The van der Waals surface area contributed by atoms with Gasteiger partial charge in [-0.15, -0.1) is 0 Å². The van der Waals surface area contributed by atoms with E-state index in [-0.39, 0.29) is 6.10 Å². The van der Waals surface area contributed by atoms with Crippen LogP contribution < -0.4 is 5.32 Å². The first kappa shape index (κ1) is 10.7. The van der Waals surface area contributed by atoms with Gasteiger partial charge in [0.2, 0.25) is 0 Å². The summed E-state index contributed by atoms with van der Waals surface area (Å²) in [6, 6.07) is 2.53. The molecule has 0 saturated carbocycles. The highest BCUT2D eigenvalue weighted by Gasteiger charge is 2.09. The zero-order chi connectivity index (χ0) is 9.68. The first-order valence-corrected chi connectivity index (χ1v) is 5.45. The summed E-state index contributed by atoms with van der Waals surface area (Å²) in [5, 5.41) is 7.68. The third kappa shape index (κ3) is 3.46. The highest BCUT2D eigenvalue weighted by atomic mass is 32.1. The van der Waals surface area contributed by atoms with Gasteiger partial charge in [0.25, 0.3) is 0 Å². The molecular weight excluding hydrogens is 182 g/mol. The molecule has 0 bridgehead atoms. The van der Waals surface area contributed by atoms with Crippen LogP contribution >= 0.6 is 11.3 Å². The molecule has 1 heterocycles. The molecule has 0 saturated heterocycles. The van der Waals surface area contributed by atoms with Crippen LogP contribution in [0.15, 0.2) is 16.8 Å². The molecule has 0 amide bonds. The Labute approximate surface area is 83.9 Å². The van der Waals surface area contributed by atoms with Gasteiger partial charge >= 0.3 is 0 Å². The van der Waals surface area contributed by atoms with Crippen molar-refractivity contribution in [2.75, 3.05) is 7.11 Å². The zero-order valence-corrected chi connectivity index (χ0v) is 9.23. The number of ether oxygens (including phenoxy) is 1. The summed E-state index contributed by atoms with van der Waals surface area (Å²) in [4.78, 5) is 0. The third-order valence-electron chi connectivity index (χ3n) is 2.28. The highest BCUT2D eigenvalue weighted by Crippen LogP contribution is 2.06. The molecule has 2 unspecified atom stereocenters. The summed E-state index contributed by atoms with van der Waals surface area (Å²) >= 11 is 1.73. The lowest BCUT2D eigenvalue weighted by Crippen LogP contribution is -2.36. The molecule has 0 aliphatic rings. The van der Waals surface area contributed by atoms with Crippen LogP contribution in [0.25, 0.3) is 0 Å². The Morgan fingerprint density at radius 3 is 2.85 bits per heavy atom. The molecule has 0 radical (unpaired) electrons. The van der Waals surface area contributed by atoms with E-state index in [4.69, 9.17) is 4.74 Å². The Morgan fingerprint density at radius 1 is 1.54 bits per heavy atom. The molecule has 0 aliphatic carbocycles. The van der Waals surface area contributed by atoms with Crippen LogP contribution in [0.3, 0.4) is 0 Å². The van der Waals surface area contributed by atoms with Crippen molar-refractivity contribution in [3.05, 3.63) is 22.4 Å². The van der Waals surface area contributed by atoms with Crippen molar-refractivity contribution in [2.45, 2.75) is 32.5 Å². The summed E-state index contributed by atoms with van der Waals surface area (Å²) in [5.41, 5.74) is 1.35.